The summed E-state index contributed by atoms with van der Waals surface area (Å²) in [4.78, 5) is 12.3. The van der Waals surface area contributed by atoms with Crippen LogP contribution in [0.5, 0.6) is 17.2 Å². The second-order valence-electron chi connectivity index (χ2n) is 6.58. The SMILES string of the molecule is COc1cc(CNC(=O)CC(C)C2CCNCC2)cc(OC)c1OC.Cl. The van der Waals surface area contributed by atoms with Crippen molar-refractivity contribution in [1.29, 1.82) is 0 Å². The molecule has 1 aliphatic heterocycles. The molecule has 0 aromatic heterocycles. The van der Waals surface area contributed by atoms with Crippen LogP contribution in [0, 0.1) is 11.8 Å². The number of ether oxygens (including phenoxy) is 3. The van der Waals surface area contributed by atoms with Crippen molar-refractivity contribution in [1.82, 2.24) is 10.6 Å². The average molecular weight is 387 g/mol. The van der Waals surface area contributed by atoms with Gasteiger partial charge in [-0.25, -0.2) is 0 Å². The summed E-state index contributed by atoms with van der Waals surface area (Å²) in [7, 11) is 4.74. The molecule has 1 fully saturated rings. The van der Waals surface area contributed by atoms with Gasteiger partial charge in [0.1, 0.15) is 0 Å². The Kier molecular flexibility index (Phi) is 9.59. The van der Waals surface area contributed by atoms with E-state index in [2.05, 4.69) is 17.6 Å². The Balaban J connectivity index is 0.00000338. The number of piperidine rings is 1. The van der Waals surface area contributed by atoms with Gasteiger partial charge in [0.05, 0.1) is 21.3 Å². The lowest BCUT2D eigenvalue weighted by Gasteiger charge is -2.27. The maximum atomic E-state index is 12.3. The van der Waals surface area contributed by atoms with Crippen LogP contribution in [0.2, 0.25) is 0 Å². The maximum Gasteiger partial charge on any atom is 0.220 e. The fourth-order valence-corrected chi connectivity index (χ4v) is 3.38. The Bertz CT molecular complexity index is 552. The molecule has 2 rings (SSSR count). The number of carbonyl (C=O) groups is 1. The predicted molar refractivity (Wildman–Crippen MR) is 105 cm³/mol. The van der Waals surface area contributed by atoms with Gasteiger partial charge in [-0.15, -0.1) is 12.4 Å². The molecule has 1 atom stereocenters. The Hall–Kier alpha value is -1.66. The first-order valence-corrected chi connectivity index (χ1v) is 8.85. The van der Waals surface area contributed by atoms with Gasteiger partial charge in [0.15, 0.2) is 11.5 Å². The van der Waals surface area contributed by atoms with Crippen molar-refractivity contribution in [3.63, 3.8) is 0 Å². The largest absolute Gasteiger partial charge is 0.493 e. The molecule has 0 saturated carbocycles. The highest BCUT2D eigenvalue weighted by atomic mass is 35.5. The van der Waals surface area contributed by atoms with Gasteiger partial charge >= 0.3 is 0 Å². The number of rotatable bonds is 8. The summed E-state index contributed by atoms with van der Waals surface area (Å²) < 4.78 is 16.0. The third-order valence-electron chi connectivity index (χ3n) is 4.91. The Morgan fingerprint density at radius 1 is 1.15 bits per heavy atom. The second kappa shape index (κ2) is 11.1. The van der Waals surface area contributed by atoms with Crippen molar-refractivity contribution in [2.24, 2.45) is 11.8 Å². The van der Waals surface area contributed by atoms with E-state index < -0.39 is 0 Å². The molecule has 1 aromatic carbocycles. The number of hydrogen-bond acceptors (Lipinski definition) is 5. The highest BCUT2D eigenvalue weighted by Gasteiger charge is 2.22. The molecule has 0 radical (unpaired) electrons. The summed E-state index contributed by atoms with van der Waals surface area (Å²) in [6.07, 6.45) is 2.87. The first kappa shape index (κ1) is 22.4. The van der Waals surface area contributed by atoms with E-state index in [1.807, 2.05) is 12.1 Å². The number of amides is 1. The van der Waals surface area contributed by atoms with E-state index in [0.717, 1.165) is 31.5 Å². The monoisotopic (exact) mass is 386 g/mol. The Morgan fingerprint density at radius 3 is 2.23 bits per heavy atom. The van der Waals surface area contributed by atoms with Crippen LogP contribution in [-0.4, -0.2) is 40.3 Å². The molecule has 1 aromatic rings. The predicted octanol–water partition coefficient (Wildman–Crippen LogP) is 2.78. The van der Waals surface area contributed by atoms with E-state index in [1.54, 1.807) is 21.3 Å². The third-order valence-corrected chi connectivity index (χ3v) is 4.91. The normalized spacial score (nSPS) is 15.5. The lowest BCUT2D eigenvalue weighted by atomic mass is 9.84. The average Bonchev–Trinajstić information content (AvgIpc) is 2.65. The van der Waals surface area contributed by atoms with Crippen molar-refractivity contribution in [2.45, 2.75) is 32.7 Å². The van der Waals surface area contributed by atoms with E-state index in [-0.39, 0.29) is 18.3 Å². The molecule has 6 nitrogen and oxygen atoms in total. The molecule has 2 N–H and O–H groups in total. The minimum atomic E-state index is 0. The van der Waals surface area contributed by atoms with Crippen molar-refractivity contribution in [3.05, 3.63) is 17.7 Å². The molecule has 7 heteroatoms. The number of benzene rings is 1. The van der Waals surface area contributed by atoms with Gasteiger partial charge in [0.2, 0.25) is 11.7 Å². The zero-order valence-electron chi connectivity index (χ0n) is 16.1. The summed E-state index contributed by atoms with van der Waals surface area (Å²) in [6.45, 7) is 4.73. The van der Waals surface area contributed by atoms with E-state index >= 15 is 0 Å². The van der Waals surface area contributed by atoms with Crippen LogP contribution >= 0.6 is 12.4 Å². The van der Waals surface area contributed by atoms with Crippen molar-refractivity contribution in [3.8, 4) is 17.2 Å². The molecular weight excluding hydrogens is 356 g/mol. The standard InChI is InChI=1S/C19H30N2O4.ClH/c1-13(15-5-7-20-8-6-15)9-18(22)21-12-14-10-16(23-2)19(25-4)17(11-14)24-3;/h10-11,13,15,20H,5-9,12H2,1-4H3,(H,21,22);1H. The first-order chi connectivity index (χ1) is 12.1. The molecule has 1 aliphatic rings. The highest BCUT2D eigenvalue weighted by Crippen LogP contribution is 2.38. The number of nitrogens with one attached hydrogen (secondary N) is 2. The van der Waals surface area contributed by atoms with Gasteiger partial charge in [-0.05, 0) is 55.5 Å². The van der Waals surface area contributed by atoms with Crippen LogP contribution in [0.4, 0.5) is 0 Å². The molecular formula is C19H31ClN2O4. The number of carbonyl (C=O) groups excluding carboxylic acids is 1. The van der Waals surface area contributed by atoms with Gasteiger partial charge < -0.3 is 24.8 Å². The lowest BCUT2D eigenvalue weighted by molar-refractivity contribution is -0.122. The lowest BCUT2D eigenvalue weighted by Crippen LogP contribution is -2.33. The van der Waals surface area contributed by atoms with Crippen LogP contribution in [0.1, 0.15) is 31.7 Å². The van der Waals surface area contributed by atoms with Crippen LogP contribution < -0.4 is 24.8 Å². The fraction of sp³-hybridized carbons (Fsp3) is 0.632. The summed E-state index contributed by atoms with van der Waals surface area (Å²) in [6, 6.07) is 3.72. The number of halogens is 1. The van der Waals surface area contributed by atoms with E-state index in [0.29, 0.717) is 42.0 Å². The summed E-state index contributed by atoms with van der Waals surface area (Å²) in [5.41, 5.74) is 0.914. The van der Waals surface area contributed by atoms with Crippen molar-refractivity contribution >= 4 is 18.3 Å². The maximum absolute atomic E-state index is 12.3. The first-order valence-electron chi connectivity index (χ1n) is 8.85. The Morgan fingerprint density at radius 2 is 1.73 bits per heavy atom. The highest BCUT2D eigenvalue weighted by molar-refractivity contribution is 5.85. The number of methoxy groups -OCH3 is 3. The van der Waals surface area contributed by atoms with Gasteiger partial charge in [0.25, 0.3) is 0 Å². The van der Waals surface area contributed by atoms with Gasteiger partial charge in [-0.2, -0.15) is 0 Å². The molecule has 1 saturated heterocycles. The van der Waals surface area contributed by atoms with Crippen molar-refractivity contribution in [2.75, 3.05) is 34.4 Å². The fourth-order valence-electron chi connectivity index (χ4n) is 3.38. The molecule has 0 spiro atoms. The summed E-state index contributed by atoms with van der Waals surface area (Å²) in [5.74, 6) is 2.86. The molecule has 1 unspecified atom stereocenters. The minimum absolute atomic E-state index is 0. The van der Waals surface area contributed by atoms with Crippen LogP contribution in [0.3, 0.4) is 0 Å². The molecule has 26 heavy (non-hydrogen) atoms. The molecule has 0 bridgehead atoms. The third kappa shape index (κ3) is 5.95. The van der Waals surface area contributed by atoms with Crippen molar-refractivity contribution < 1.29 is 19.0 Å². The van der Waals surface area contributed by atoms with Gasteiger partial charge in [-0.3, -0.25) is 4.79 Å². The molecule has 148 valence electrons. The van der Waals surface area contributed by atoms with E-state index in [4.69, 9.17) is 14.2 Å². The topological polar surface area (TPSA) is 68.8 Å². The summed E-state index contributed by atoms with van der Waals surface area (Å²) >= 11 is 0. The number of hydrogen-bond donors (Lipinski definition) is 2. The molecule has 0 aliphatic carbocycles. The van der Waals surface area contributed by atoms with Gasteiger partial charge in [0, 0.05) is 13.0 Å². The van der Waals surface area contributed by atoms with Crippen LogP contribution in [0.25, 0.3) is 0 Å². The smallest absolute Gasteiger partial charge is 0.220 e. The quantitative estimate of drug-likeness (QED) is 0.719. The summed E-state index contributed by atoms with van der Waals surface area (Å²) in [5, 5.41) is 6.37. The molecule has 1 amide bonds. The molecule has 1 heterocycles. The van der Waals surface area contributed by atoms with Gasteiger partial charge in [-0.1, -0.05) is 6.92 Å². The van der Waals surface area contributed by atoms with E-state index in [1.165, 1.54) is 0 Å². The van der Waals surface area contributed by atoms with E-state index in [9.17, 15) is 4.79 Å². The Labute approximate surface area is 162 Å². The minimum Gasteiger partial charge on any atom is -0.493 e. The van der Waals surface area contributed by atoms with Crippen LogP contribution in [0.15, 0.2) is 12.1 Å². The zero-order valence-corrected chi connectivity index (χ0v) is 16.9. The second-order valence-corrected chi connectivity index (χ2v) is 6.58. The van der Waals surface area contributed by atoms with Crippen LogP contribution in [-0.2, 0) is 11.3 Å². The zero-order chi connectivity index (χ0) is 18.2.